The third-order valence-electron chi connectivity index (χ3n) is 3.09. The van der Waals surface area contributed by atoms with Crippen molar-refractivity contribution >= 4 is 12.4 Å². The van der Waals surface area contributed by atoms with Crippen LogP contribution in [-0.2, 0) is 4.79 Å². The Morgan fingerprint density at radius 2 is 2.08 bits per heavy atom. The summed E-state index contributed by atoms with van der Waals surface area (Å²) < 4.78 is 0. The predicted molar refractivity (Wildman–Crippen MR) is 40.9 cm³/mol. The quantitative estimate of drug-likeness (QED) is 0.592. The highest BCUT2D eigenvalue weighted by atomic mass is 16.4. The molecule has 2 aliphatic heterocycles. The van der Waals surface area contributed by atoms with Gasteiger partial charge in [0.2, 0.25) is 0 Å². The smallest absolute Gasteiger partial charge is 0.408 e. The first-order valence-electron chi connectivity index (χ1n) is 4.18. The van der Waals surface area contributed by atoms with Gasteiger partial charge in [0.25, 0.3) is 0 Å². The van der Waals surface area contributed by atoms with E-state index in [-0.39, 0.29) is 6.04 Å². The molecule has 66 valence electrons. The molecule has 0 aromatic carbocycles. The molecule has 2 rings (SSSR count). The topological polar surface area (TPSA) is 57.6 Å². The van der Waals surface area contributed by atoms with E-state index in [1.165, 1.54) is 4.90 Å². The number of nitrogens with zero attached hydrogens (tertiary/aromatic N) is 1. The monoisotopic (exact) mass is 169 g/mol. The van der Waals surface area contributed by atoms with Gasteiger partial charge < -0.3 is 9.90 Å². The fourth-order valence-corrected chi connectivity index (χ4v) is 2.49. The fourth-order valence-electron chi connectivity index (χ4n) is 2.49. The third kappa shape index (κ3) is 0.722. The molecule has 0 aromatic heterocycles. The van der Waals surface area contributed by atoms with E-state index in [1.54, 1.807) is 0 Å². The molecule has 0 radical (unpaired) electrons. The zero-order chi connectivity index (χ0) is 8.77. The van der Waals surface area contributed by atoms with Crippen LogP contribution in [0, 0.1) is 0 Å². The normalized spacial score (nSPS) is 38.7. The van der Waals surface area contributed by atoms with Crippen LogP contribution >= 0.6 is 0 Å². The lowest BCUT2D eigenvalue weighted by Gasteiger charge is -2.26. The number of fused-ring (bicyclic) bond motifs is 2. The van der Waals surface area contributed by atoms with E-state index in [0.717, 1.165) is 19.1 Å². The van der Waals surface area contributed by atoms with Gasteiger partial charge >= 0.3 is 6.09 Å². The summed E-state index contributed by atoms with van der Waals surface area (Å²) in [5.74, 6) is 0. The Morgan fingerprint density at radius 3 is 2.42 bits per heavy atom. The second kappa shape index (κ2) is 2.21. The fraction of sp³-hybridized carbons (Fsp3) is 0.750. The summed E-state index contributed by atoms with van der Waals surface area (Å²) in [6, 6.07) is 0.104. The molecule has 4 heteroatoms. The molecule has 1 N–H and O–H groups in total. The number of hydrogen-bond donors (Lipinski definition) is 1. The average molecular weight is 169 g/mol. The van der Waals surface area contributed by atoms with Crippen molar-refractivity contribution in [3.63, 3.8) is 0 Å². The standard InChI is InChI=1S/C8H11NO3/c10-5-8-3-1-6(2-4-8)9(8)7(11)12/h5-6H,1-4H2,(H,11,12)/t6-,8+. The number of aldehydes is 1. The Kier molecular flexibility index (Phi) is 1.40. The summed E-state index contributed by atoms with van der Waals surface area (Å²) >= 11 is 0. The van der Waals surface area contributed by atoms with E-state index in [2.05, 4.69) is 0 Å². The number of rotatable bonds is 1. The zero-order valence-electron chi connectivity index (χ0n) is 6.69. The van der Waals surface area contributed by atoms with E-state index in [1.807, 2.05) is 0 Å². The van der Waals surface area contributed by atoms with Gasteiger partial charge in [-0.05, 0) is 25.7 Å². The second-order valence-corrected chi connectivity index (χ2v) is 3.61. The Labute approximate surface area is 70.2 Å². The molecule has 12 heavy (non-hydrogen) atoms. The molecular formula is C8H11NO3. The molecule has 2 heterocycles. The van der Waals surface area contributed by atoms with Crippen molar-refractivity contribution in [1.82, 2.24) is 4.90 Å². The predicted octanol–water partition coefficient (Wildman–Crippen LogP) is 0.860. The van der Waals surface area contributed by atoms with Crippen molar-refractivity contribution in [2.75, 3.05) is 0 Å². The van der Waals surface area contributed by atoms with Crippen LogP contribution in [0.4, 0.5) is 4.79 Å². The number of carbonyl (C=O) groups is 2. The lowest BCUT2D eigenvalue weighted by atomic mass is 9.89. The second-order valence-electron chi connectivity index (χ2n) is 3.61. The third-order valence-corrected chi connectivity index (χ3v) is 3.09. The van der Waals surface area contributed by atoms with Crippen LogP contribution in [0.1, 0.15) is 25.7 Å². The van der Waals surface area contributed by atoms with E-state index < -0.39 is 11.6 Å². The van der Waals surface area contributed by atoms with Crippen LogP contribution < -0.4 is 0 Å². The van der Waals surface area contributed by atoms with Crippen molar-refractivity contribution in [2.45, 2.75) is 37.3 Å². The zero-order valence-corrected chi connectivity index (χ0v) is 6.69. The summed E-state index contributed by atoms with van der Waals surface area (Å²) in [7, 11) is 0. The van der Waals surface area contributed by atoms with Crippen molar-refractivity contribution in [2.24, 2.45) is 0 Å². The molecule has 0 spiro atoms. The van der Waals surface area contributed by atoms with Crippen molar-refractivity contribution in [3.05, 3.63) is 0 Å². The van der Waals surface area contributed by atoms with Crippen LogP contribution in [0.25, 0.3) is 0 Å². The largest absolute Gasteiger partial charge is 0.465 e. The minimum atomic E-state index is -0.942. The molecule has 1 amide bonds. The lowest BCUT2D eigenvalue weighted by Crippen LogP contribution is -2.45. The maximum absolute atomic E-state index is 10.8. The van der Waals surface area contributed by atoms with Gasteiger partial charge in [0.05, 0.1) is 0 Å². The highest BCUT2D eigenvalue weighted by Crippen LogP contribution is 2.44. The summed E-state index contributed by atoms with van der Waals surface area (Å²) in [4.78, 5) is 22.9. The summed E-state index contributed by atoms with van der Waals surface area (Å²) in [6.07, 6.45) is 3.01. The Hall–Kier alpha value is -1.06. The minimum Gasteiger partial charge on any atom is -0.465 e. The first-order chi connectivity index (χ1) is 5.69. The van der Waals surface area contributed by atoms with Gasteiger partial charge in [-0.15, -0.1) is 0 Å². The summed E-state index contributed by atoms with van der Waals surface area (Å²) in [6.45, 7) is 0. The molecule has 4 nitrogen and oxygen atoms in total. The Morgan fingerprint density at radius 1 is 1.50 bits per heavy atom. The van der Waals surface area contributed by atoms with Gasteiger partial charge in [-0.2, -0.15) is 0 Å². The molecule has 0 atom stereocenters. The van der Waals surface area contributed by atoms with Crippen molar-refractivity contribution in [1.29, 1.82) is 0 Å². The maximum Gasteiger partial charge on any atom is 0.408 e. The lowest BCUT2D eigenvalue weighted by molar-refractivity contribution is -0.115. The van der Waals surface area contributed by atoms with Gasteiger partial charge in [0.1, 0.15) is 11.8 Å². The van der Waals surface area contributed by atoms with Crippen molar-refractivity contribution < 1.29 is 14.7 Å². The first-order valence-corrected chi connectivity index (χ1v) is 4.18. The highest BCUT2D eigenvalue weighted by molar-refractivity contribution is 5.77. The summed E-state index contributed by atoms with van der Waals surface area (Å²) in [5.41, 5.74) is -0.656. The molecule has 2 saturated heterocycles. The summed E-state index contributed by atoms with van der Waals surface area (Å²) in [5, 5.41) is 8.86. The van der Waals surface area contributed by atoms with E-state index >= 15 is 0 Å². The van der Waals surface area contributed by atoms with Crippen LogP contribution in [-0.4, -0.2) is 34.0 Å². The first kappa shape index (κ1) is 7.58. The molecule has 2 bridgehead atoms. The van der Waals surface area contributed by atoms with Gasteiger partial charge in [-0.25, -0.2) is 4.79 Å². The van der Waals surface area contributed by atoms with Crippen LogP contribution in [0.2, 0.25) is 0 Å². The Balaban J connectivity index is 2.33. The van der Waals surface area contributed by atoms with E-state index in [0.29, 0.717) is 12.8 Å². The molecule has 0 aromatic rings. The SMILES string of the molecule is O=C[C@]12CC[C@H](CC1)N2C(=O)O. The highest BCUT2D eigenvalue weighted by Gasteiger charge is 2.54. The van der Waals surface area contributed by atoms with Gasteiger partial charge in [0, 0.05) is 6.04 Å². The molecule has 2 aliphatic rings. The van der Waals surface area contributed by atoms with Crippen LogP contribution in [0.15, 0.2) is 0 Å². The minimum absolute atomic E-state index is 0.104. The number of carbonyl (C=O) groups excluding carboxylic acids is 1. The van der Waals surface area contributed by atoms with E-state index in [9.17, 15) is 9.59 Å². The van der Waals surface area contributed by atoms with E-state index in [4.69, 9.17) is 5.11 Å². The number of hydrogen-bond acceptors (Lipinski definition) is 2. The van der Waals surface area contributed by atoms with Gasteiger partial charge in [-0.1, -0.05) is 0 Å². The maximum atomic E-state index is 10.8. The van der Waals surface area contributed by atoms with Crippen LogP contribution in [0.3, 0.4) is 0 Å². The Bertz CT molecular complexity index is 230. The number of amides is 1. The molecule has 0 unspecified atom stereocenters. The van der Waals surface area contributed by atoms with Crippen molar-refractivity contribution in [3.8, 4) is 0 Å². The average Bonchev–Trinajstić information content (AvgIpc) is 2.58. The van der Waals surface area contributed by atoms with Gasteiger partial charge in [-0.3, -0.25) is 4.90 Å². The molecular weight excluding hydrogens is 158 g/mol. The number of carboxylic acid groups (broad SMARTS) is 1. The van der Waals surface area contributed by atoms with Crippen LogP contribution in [0.5, 0.6) is 0 Å². The molecule has 0 aliphatic carbocycles. The molecule has 0 saturated carbocycles. The molecule has 2 fully saturated rings. The van der Waals surface area contributed by atoms with Gasteiger partial charge in [0.15, 0.2) is 0 Å².